The van der Waals surface area contributed by atoms with Gasteiger partial charge in [0.2, 0.25) is 5.91 Å². The molecule has 0 aliphatic rings. The predicted molar refractivity (Wildman–Crippen MR) is 87.7 cm³/mol. The van der Waals surface area contributed by atoms with Crippen LogP contribution in [0.25, 0.3) is 0 Å². The Morgan fingerprint density at radius 3 is 2.76 bits per heavy atom. The third kappa shape index (κ3) is 5.27. The van der Waals surface area contributed by atoms with Gasteiger partial charge in [0.05, 0.1) is 0 Å². The Morgan fingerprint density at radius 2 is 2.10 bits per heavy atom. The van der Waals surface area contributed by atoms with Gasteiger partial charge in [0, 0.05) is 23.1 Å². The Hall–Kier alpha value is -1.75. The van der Waals surface area contributed by atoms with Crippen LogP contribution >= 0.6 is 11.8 Å². The van der Waals surface area contributed by atoms with Crippen LogP contribution in [0.3, 0.4) is 0 Å². The van der Waals surface area contributed by atoms with Gasteiger partial charge in [0.15, 0.2) is 5.82 Å². The minimum Gasteiger partial charge on any atom is -0.309 e. The van der Waals surface area contributed by atoms with Gasteiger partial charge in [-0.25, -0.2) is 0 Å². The molecule has 1 heterocycles. The summed E-state index contributed by atoms with van der Waals surface area (Å²) in [5.74, 6) is 1.95. The standard InChI is InChI=1S/C16H21N3OS/c1-12(2)14-11-15(19-18-14)17-16(20)9-6-10-21-13-7-4-3-5-8-13/h3-5,7-8,11-12H,6,9-10H2,1-2H3,(H2,17,18,19,20). The van der Waals surface area contributed by atoms with Gasteiger partial charge in [0.1, 0.15) is 0 Å². The number of hydrogen-bond acceptors (Lipinski definition) is 3. The minimum absolute atomic E-state index is 0.0190. The second kappa shape index (κ2) is 7.88. The normalized spacial score (nSPS) is 10.8. The zero-order chi connectivity index (χ0) is 15.1. The second-order valence-corrected chi connectivity index (χ2v) is 6.34. The lowest BCUT2D eigenvalue weighted by molar-refractivity contribution is -0.116. The van der Waals surface area contributed by atoms with E-state index in [4.69, 9.17) is 0 Å². The van der Waals surface area contributed by atoms with Crippen molar-refractivity contribution >= 4 is 23.5 Å². The molecule has 0 spiro atoms. The van der Waals surface area contributed by atoms with E-state index in [9.17, 15) is 4.79 Å². The molecule has 0 radical (unpaired) electrons. The molecule has 5 heteroatoms. The first-order chi connectivity index (χ1) is 10.1. The fourth-order valence-electron chi connectivity index (χ4n) is 1.84. The van der Waals surface area contributed by atoms with Crippen molar-refractivity contribution in [2.75, 3.05) is 11.1 Å². The molecule has 1 aromatic heterocycles. The minimum atomic E-state index is 0.0190. The zero-order valence-corrected chi connectivity index (χ0v) is 13.2. The Morgan fingerprint density at radius 1 is 1.33 bits per heavy atom. The molecular weight excluding hydrogens is 282 g/mol. The monoisotopic (exact) mass is 303 g/mol. The summed E-state index contributed by atoms with van der Waals surface area (Å²) in [6, 6.07) is 12.1. The molecule has 1 amide bonds. The number of nitrogens with one attached hydrogen (secondary N) is 2. The molecule has 21 heavy (non-hydrogen) atoms. The summed E-state index contributed by atoms with van der Waals surface area (Å²) < 4.78 is 0. The summed E-state index contributed by atoms with van der Waals surface area (Å²) in [4.78, 5) is 13.1. The molecule has 0 bridgehead atoms. The van der Waals surface area contributed by atoms with Gasteiger partial charge in [-0.1, -0.05) is 32.0 Å². The number of amides is 1. The Bertz CT molecular complexity index is 566. The van der Waals surface area contributed by atoms with Crippen molar-refractivity contribution in [3.05, 3.63) is 42.1 Å². The van der Waals surface area contributed by atoms with Crippen LogP contribution < -0.4 is 5.32 Å². The fourth-order valence-corrected chi connectivity index (χ4v) is 2.72. The van der Waals surface area contributed by atoms with Crippen LogP contribution in [-0.2, 0) is 4.79 Å². The lowest BCUT2D eigenvalue weighted by Crippen LogP contribution is -2.11. The van der Waals surface area contributed by atoms with Gasteiger partial charge >= 0.3 is 0 Å². The number of rotatable bonds is 7. The molecule has 0 saturated heterocycles. The van der Waals surface area contributed by atoms with Crippen molar-refractivity contribution in [3.8, 4) is 0 Å². The number of benzene rings is 1. The Labute approximate surface area is 129 Å². The molecule has 112 valence electrons. The number of aromatic nitrogens is 2. The number of thioether (sulfide) groups is 1. The maximum absolute atomic E-state index is 11.8. The van der Waals surface area contributed by atoms with E-state index in [1.807, 2.05) is 24.3 Å². The van der Waals surface area contributed by atoms with E-state index in [0.717, 1.165) is 17.9 Å². The Balaban J connectivity index is 1.67. The molecule has 2 aromatic rings. The van der Waals surface area contributed by atoms with Gasteiger partial charge in [0.25, 0.3) is 0 Å². The summed E-state index contributed by atoms with van der Waals surface area (Å²) >= 11 is 1.77. The van der Waals surface area contributed by atoms with Crippen LogP contribution in [0.4, 0.5) is 5.82 Å². The first-order valence-corrected chi connectivity index (χ1v) is 8.16. The quantitative estimate of drug-likeness (QED) is 0.599. The highest BCUT2D eigenvalue weighted by atomic mass is 32.2. The van der Waals surface area contributed by atoms with Gasteiger partial charge in [-0.15, -0.1) is 11.8 Å². The fraction of sp³-hybridized carbons (Fsp3) is 0.375. The van der Waals surface area contributed by atoms with Crippen LogP contribution in [-0.4, -0.2) is 21.9 Å². The van der Waals surface area contributed by atoms with E-state index >= 15 is 0 Å². The number of carbonyl (C=O) groups excluding carboxylic acids is 1. The molecule has 4 nitrogen and oxygen atoms in total. The van der Waals surface area contributed by atoms with E-state index in [-0.39, 0.29) is 5.91 Å². The maximum Gasteiger partial charge on any atom is 0.225 e. The van der Waals surface area contributed by atoms with Crippen molar-refractivity contribution < 1.29 is 4.79 Å². The van der Waals surface area contributed by atoms with E-state index < -0.39 is 0 Å². The van der Waals surface area contributed by atoms with Gasteiger partial charge in [-0.3, -0.25) is 9.89 Å². The van der Waals surface area contributed by atoms with Crippen molar-refractivity contribution in [3.63, 3.8) is 0 Å². The van der Waals surface area contributed by atoms with Gasteiger partial charge < -0.3 is 5.32 Å². The highest BCUT2D eigenvalue weighted by Crippen LogP contribution is 2.19. The summed E-state index contributed by atoms with van der Waals surface area (Å²) in [6.07, 6.45) is 1.37. The molecule has 1 aromatic carbocycles. The largest absolute Gasteiger partial charge is 0.309 e. The average molecular weight is 303 g/mol. The van der Waals surface area contributed by atoms with Crippen LogP contribution in [0.5, 0.6) is 0 Å². The van der Waals surface area contributed by atoms with Crippen LogP contribution in [0.15, 0.2) is 41.3 Å². The zero-order valence-electron chi connectivity index (χ0n) is 12.4. The Kier molecular flexibility index (Phi) is 5.87. The molecule has 0 aliphatic heterocycles. The molecule has 0 unspecified atom stereocenters. The number of hydrogen-bond donors (Lipinski definition) is 2. The number of H-pyrrole nitrogens is 1. The number of anilines is 1. The second-order valence-electron chi connectivity index (χ2n) is 5.18. The summed E-state index contributed by atoms with van der Waals surface area (Å²) in [5, 5.41) is 9.85. The number of nitrogens with zero attached hydrogens (tertiary/aromatic N) is 1. The molecule has 0 atom stereocenters. The highest BCUT2D eigenvalue weighted by molar-refractivity contribution is 7.99. The van der Waals surface area contributed by atoms with Gasteiger partial charge in [-0.05, 0) is 30.2 Å². The third-order valence-electron chi connectivity index (χ3n) is 3.05. The molecule has 0 fully saturated rings. The lowest BCUT2D eigenvalue weighted by Gasteiger charge is -2.02. The highest BCUT2D eigenvalue weighted by Gasteiger charge is 2.07. The SMILES string of the molecule is CC(C)c1cc(NC(=O)CCCSc2ccccc2)n[nH]1. The first kappa shape index (κ1) is 15.6. The predicted octanol–water partition coefficient (Wildman–Crippen LogP) is 4.04. The van der Waals surface area contributed by atoms with Crippen LogP contribution in [0, 0.1) is 0 Å². The van der Waals surface area contributed by atoms with E-state index in [1.54, 1.807) is 11.8 Å². The first-order valence-electron chi connectivity index (χ1n) is 7.18. The van der Waals surface area contributed by atoms with Crippen molar-refractivity contribution in [2.45, 2.75) is 37.5 Å². The summed E-state index contributed by atoms with van der Waals surface area (Å²) in [5.41, 5.74) is 1.03. The van der Waals surface area contributed by atoms with Crippen LogP contribution in [0.1, 0.15) is 38.3 Å². The van der Waals surface area contributed by atoms with Gasteiger partial charge in [-0.2, -0.15) is 5.10 Å². The van der Waals surface area contributed by atoms with Crippen molar-refractivity contribution in [1.82, 2.24) is 10.2 Å². The molecule has 0 aliphatic carbocycles. The average Bonchev–Trinajstić information content (AvgIpc) is 2.93. The number of carbonyl (C=O) groups is 1. The molecule has 2 rings (SSSR count). The number of aromatic amines is 1. The van der Waals surface area contributed by atoms with Crippen molar-refractivity contribution in [1.29, 1.82) is 0 Å². The third-order valence-corrected chi connectivity index (χ3v) is 4.15. The summed E-state index contributed by atoms with van der Waals surface area (Å²) in [6.45, 7) is 4.17. The summed E-state index contributed by atoms with van der Waals surface area (Å²) in [7, 11) is 0. The molecule has 2 N–H and O–H groups in total. The van der Waals surface area contributed by atoms with E-state index in [2.05, 4.69) is 41.5 Å². The molecular formula is C16H21N3OS. The molecule has 0 saturated carbocycles. The van der Waals surface area contributed by atoms with E-state index in [1.165, 1.54) is 4.90 Å². The maximum atomic E-state index is 11.8. The van der Waals surface area contributed by atoms with Crippen molar-refractivity contribution in [2.24, 2.45) is 0 Å². The lowest BCUT2D eigenvalue weighted by atomic mass is 10.1. The topological polar surface area (TPSA) is 57.8 Å². The van der Waals surface area contributed by atoms with E-state index in [0.29, 0.717) is 18.2 Å². The van der Waals surface area contributed by atoms with Crippen LogP contribution in [0.2, 0.25) is 0 Å². The smallest absolute Gasteiger partial charge is 0.225 e.